The third-order valence-electron chi connectivity index (χ3n) is 2.94. The Morgan fingerprint density at radius 1 is 1.42 bits per heavy atom. The van der Waals surface area contributed by atoms with E-state index in [0.29, 0.717) is 5.92 Å². The van der Waals surface area contributed by atoms with Gasteiger partial charge in [-0.05, 0) is 0 Å². The van der Waals surface area contributed by atoms with Crippen molar-refractivity contribution >= 4 is 25.4 Å². The molecule has 0 fully saturated rings. The second-order valence-corrected chi connectivity index (χ2v) is 7.00. The third kappa shape index (κ3) is 5.51. The number of terminal acetylenes is 1. The molecule has 0 aliphatic carbocycles. The maximum atomic E-state index is 11.9. The van der Waals surface area contributed by atoms with Crippen LogP contribution in [0, 0.1) is 18.3 Å². The van der Waals surface area contributed by atoms with E-state index in [4.69, 9.17) is 11.2 Å². The summed E-state index contributed by atoms with van der Waals surface area (Å²) in [4.78, 5) is 11.9. The number of hydrogen-bond donors (Lipinski definition) is 0. The summed E-state index contributed by atoms with van der Waals surface area (Å²) in [7, 11) is 1.46. The number of esters is 1. The van der Waals surface area contributed by atoms with Crippen LogP contribution in [0.15, 0.2) is 30.3 Å². The van der Waals surface area contributed by atoms with E-state index in [2.05, 4.69) is 25.0 Å². The number of methoxy groups -OCH3 is 1. The Morgan fingerprint density at radius 3 is 2.68 bits per heavy atom. The van der Waals surface area contributed by atoms with Gasteiger partial charge in [-0.25, -0.2) is 0 Å². The van der Waals surface area contributed by atoms with E-state index in [0.717, 1.165) is 19.3 Å². The second-order valence-electron chi connectivity index (χ2n) is 4.45. The zero-order chi connectivity index (χ0) is 14.1. The van der Waals surface area contributed by atoms with Gasteiger partial charge in [-0.2, -0.15) is 0 Å². The van der Waals surface area contributed by atoms with Crippen molar-refractivity contribution < 1.29 is 9.53 Å². The van der Waals surface area contributed by atoms with Gasteiger partial charge in [0.25, 0.3) is 0 Å². The van der Waals surface area contributed by atoms with Crippen LogP contribution in [0.2, 0.25) is 4.82 Å². The Morgan fingerprint density at radius 2 is 2.11 bits per heavy atom. The molecule has 0 saturated carbocycles. The van der Waals surface area contributed by atoms with E-state index >= 15 is 0 Å². The average molecular weight is 323 g/mol. The normalized spacial score (nSPS) is 13.3. The van der Waals surface area contributed by atoms with Crippen molar-refractivity contribution in [2.45, 2.75) is 31.0 Å². The summed E-state index contributed by atoms with van der Waals surface area (Å²) in [6.07, 6.45) is 7.98. The van der Waals surface area contributed by atoms with Crippen LogP contribution < -0.4 is 4.46 Å². The molecule has 1 aromatic rings. The third-order valence-corrected chi connectivity index (χ3v) is 5.99. The molecule has 0 aliphatic heterocycles. The van der Waals surface area contributed by atoms with Gasteiger partial charge in [-0.1, -0.05) is 0 Å². The van der Waals surface area contributed by atoms with Crippen LogP contribution in [0.25, 0.3) is 0 Å². The fourth-order valence-electron chi connectivity index (χ4n) is 1.84. The summed E-state index contributed by atoms with van der Waals surface area (Å²) in [5.41, 5.74) is 0. The number of ether oxygens (including phenoxy) is 1. The summed E-state index contributed by atoms with van der Waals surface area (Å²) < 4.78 is 6.18. The average Bonchev–Trinajstić information content (AvgIpc) is 2.45. The van der Waals surface area contributed by atoms with Gasteiger partial charge in [-0.15, -0.1) is 0 Å². The standard InChI is InChI=1S/C16H20O2Se/c1-4-5-7-10-13(2)15(16(17)18-3)19-14-11-8-6-9-12-14/h1,6,8-9,11-13,15H,5,7,10H2,2-3H3/t13-,15?/m0/s1. The van der Waals surface area contributed by atoms with Gasteiger partial charge in [0, 0.05) is 0 Å². The minimum absolute atomic E-state index is 0.0299. The quantitative estimate of drug-likeness (QED) is 0.333. The molecule has 0 bridgehead atoms. The van der Waals surface area contributed by atoms with Crippen molar-refractivity contribution in [2.24, 2.45) is 5.92 Å². The van der Waals surface area contributed by atoms with Crippen molar-refractivity contribution in [3.63, 3.8) is 0 Å². The molecular formula is C16H20O2Se. The maximum absolute atomic E-state index is 11.9. The molecule has 0 radical (unpaired) electrons. The molecule has 19 heavy (non-hydrogen) atoms. The fraction of sp³-hybridized carbons (Fsp3) is 0.438. The van der Waals surface area contributed by atoms with Crippen LogP contribution >= 0.6 is 0 Å². The molecule has 0 saturated heterocycles. The zero-order valence-corrected chi connectivity index (χ0v) is 13.2. The summed E-state index contributed by atoms with van der Waals surface area (Å²) >= 11 is 0.101. The van der Waals surface area contributed by atoms with Crippen LogP contribution in [0.3, 0.4) is 0 Å². The monoisotopic (exact) mass is 324 g/mol. The van der Waals surface area contributed by atoms with E-state index in [9.17, 15) is 4.79 Å². The molecule has 1 unspecified atom stereocenters. The number of hydrogen-bond acceptors (Lipinski definition) is 2. The first-order valence-corrected chi connectivity index (χ1v) is 8.26. The van der Waals surface area contributed by atoms with Crippen molar-refractivity contribution in [3.05, 3.63) is 30.3 Å². The first kappa shape index (κ1) is 15.8. The van der Waals surface area contributed by atoms with Gasteiger partial charge in [0.15, 0.2) is 0 Å². The Balaban J connectivity index is 2.67. The van der Waals surface area contributed by atoms with Gasteiger partial charge in [0.2, 0.25) is 0 Å². The molecule has 0 spiro atoms. The molecule has 2 nitrogen and oxygen atoms in total. The molecular weight excluding hydrogens is 303 g/mol. The van der Waals surface area contributed by atoms with E-state index in [1.165, 1.54) is 11.6 Å². The van der Waals surface area contributed by atoms with Crippen LogP contribution in [-0.4, -0.2) is 28.0 Å². The van der Waals surface area contributed by atoms with E-state index in [1.54, 1.807) is 0 Å². The van der Waals surface area contributed by atoms with Gasteiger partial charge < -0.3 is 0 Å². The Hall–Kier alpha value is -1.23. The molecule has 0 aromatic heterocycles. The number of benzene rings is 1. The minimum atomic E-state index is -0.0999. The van der Waals surface area contributed by atoms with Gasteiger partial charge in [0.1, 0.15) is 0 Å². The Bertz CT molecular complexity index is 422. The van der Waals surface area contributed by atoms with E-state index < -0.39 is 0 Å². The molecule has 102 valence electrons. The topological polar surface area (TPSA) is 26.3 Å². The van der Waals surface area contributed by atoms with Crippen LogP contribution in [0.5, 0.6) is 0 Å². The fourth-order valence-corrected chi connectivity index (χ4v) is 4.29. The molecule has 2 atom stereocenters. The van der Waals surface area contributed by atoms with Gasteiger partial charge in [-0.3, -0.25) is 0 Å². The van der Waals surface area contributed by atoms with E-state index in [1.807, 2.05) is 18.2 Å². The zero-order valence-electron chi connectivity index (χ0n) is 11.5. The summed E-state index contributed by atoms with van der Waals surface area (Å²) in [5, 5.41) is 0. The molecule has 0 aliphatic rings. The molecule has 0 amide bonds. The Kier molecular flexibility index (Phi) is 7.33. The number of carbonyl (C=O) groups excluding carboxylic acids is 1. The molecule has 1 rings (SSSR count). The first-order chi connectivity index (χ1) is 9.19. The molecule has 3 heteroatoms. The van der Waals surface area contributed by atoms with Crippen LogP contribution in [0.1, 0.15) is 26.2 Å². The van der Waals surface area contributed by atoms with Crippen molar-refractivity contribution in [1.82, 2.24) is 0 Å². The summed E-state index contributed by atoms with van der Waals surface area (Å²) in [6, 6.07) is 10.2. The number of carbonyl (C=O) groups is 1. The second kappa shape index (κ2) is 8.80. The predicted molar refractivity (Wildman–Crippen MR) is 79.4 cm³/mol. The van der Waals surface area contributed by atoms with Crippen LogP contribution in [0.4, 0.5) is 0 Å². The number of rotatable bonds is 7. The van der Waals surface area contributed by atoms with Crippen molar-refractivity contribution in [3.8, 4) is 12.3 Å². The molecule has 0 heterocycles. The summed E-state index contributed by atoms with van der Waals surface area (Å²) in [5.74, 6) is 2.85. The first-order valence-electron chi connectivity index (χ1n) is 6.42. The van der Waals surface area contributed by atoms with Crippen LogP contribution in [-0.2, 0) is 9.53 Å². The Labute approximate surface area is 122 Å². The molecule has 1 aromatic carbocycles. The van der Waals surface area contributed by atoms with Gasteiger partial charge in [0.05, 0.1) is 0 Å². The molecule has 0 N–H and O–H groups in total. The predicted octanol–water partition coefficient (Wildman–Crippen LogP) is 2.42. The van der Waals surface area contributed by atoms with Gasteiger partial charge >= 0.3 is 122 Å². The summed E-state index contributed by atoms with van der Waals surface area (Å²) in [6.45, 7) is 2.11. The number of unbranched alkanes of at least 4 members (excludes halogenated alkanes) is 1. The van der Waals surface area contributed by atoms with Crippen molar-refractivity contribution in [2.75, 3.05) is 7.11 Å². The van der Waals surface area contributed by atoms with Crippen molar-refractivity contribution in [1.29, 1.82) is 0 Å². The SMILES string of the molecule is C#CCCC[C@H](C)C([Se]c1ccccc1)C(=O)OC. The van der Waals surface area contributed by atoms with E-state index in [-0.39, 0.29) is 25.7 Å².